The van der Waals surface area contributed by atoms with Crippen LogP contribution >= 0.6 is 11.8 Å². The Balaban J connectivity index is 1.72. The summed E-state index contributed by atoms with van der Waals surface area (Å²) < 4.78 is 0. The van der Waals surface area contributed by atoms with Gasteiger partial charge in [0.05, 0.1) is 6.54 Å². The number of piperidine rings is 1. The average molecular weight is 241 g/mol. The molecule has 0 saturated carbocycles. The highest BCUT2D eigenvalue weighted by Gasteiger charge is 2.16. The zero-order chi connectivity index (χ0) is 11.2. The van der Waals surface area contributed by atoms with E-state index in [0.29, 0.717) is 6.54 Å². The first kappa shape index (κ1) is 11.8. The van der Waals surface area contributed by atoms with Crippen molar-refractivity contribution in [3.05, 3.63) is 0 Å². The molecule has 0 aromatic carbocycles. The first-order chi connectivity index (χ1) is 7.86. The lowest BCUT2D eigenvalue weighted by atomic mass is 10.1. The number of nitrogens with one attached hydrogen (secondary N) is 1. The van der Waals surface area contributed by atoms with Gasteiger partial charge in [0.1, 0.15) is 0 Å². The van der Waals surface area contributed by atoms with Crippen molar-refractivity contribution < 1.29 is 4.79 Å². The molecule has 0 aromatic heterocycles. The van der Waals surface area contributed by atoms with Crippen LogP contribution in [0, 0.1) is 0 Å². The maximum Gasteiger partial charge on any atom is 0.241 e. The molecule has 0 spiro atoms. The number of thioether (sulfide) groups is 1. The molecule has 0 unspecified atom stereocenters. The van der Waals surface area contributed by atoms with Gasteiger partial charge < -0.3 is 10.2 Å². The molecular weight excluding hydrogens is 222 g/mol. The average Bonchev–Trinajstić information content (AvgIpc) is 2.38. The van der Waals surface area contributed by atoms with Crippen molar-refractivity contribution in [1.82, 2.24) is 10.2 Å². The van der Waals surface area contributed by atoms with Gasteiger partial charge in [-0.2, -0.15) is 0 Å². The highest BCUT2D eigenvalue weighted by Crippen LogP contribution is 2.11. The standard InChI is InChI=1S/C11H19N3OS/c15-10(14-6-2-1-3-7-14)9-13-11-12-5-4-8-16-11/h1-9H2,(H,12,13). The van der Waals surface area contributed by atoms with Gasteiger partial charge in [-0.1, -0.05) is 11.8 Å². The molecule has 4 nitrogen and oxygen atoms in total. The van der Waals surface area contributed by atoms with Gasteiger partial charge in [-0.05, 0) is 25.7 Å². The summed E-state index contributed by atoms with van der Waals surface area (Å²) in [6.45, 7) is 3.17. The fourth-order valence-corrected chi connectivity index (χ4v) is 2.80. The third kappa shape index (κ3) is 3.40. The lowest BCUT2D eigenvalue weighted by molar-refractivity contribution is -0.130. The Morgan fingerprint density at radius 1 is 1.31 bits per heavy atom. The topological polar surface area (TPSA) is 44.7 Å². The number of carbonyl (C=O) groups is 1. The molecule has 2 aliphatic heterocycles. The lowest BCUT2D eigenvalue weighted by Gasteiger charge is -2.27. The van der Waals surface area contributed by atoms with E-state index in [2.05, 4.69) is 10.3 Å². The molecule has 1 fully saturated rings. The van der Waals surface area contributed by atoms with Crippen LogP contribution in [0.5, 0.6) is 0 Å². The zero-order valence-corrected chi connectivity index (χ0v) is 10.4. The Hall–Kier alpha value is -0.710. The van der Waals surface area contributed by atoms with Crippen LogP contribution in [-0.2, 0) is 4.79 Å². The van der Waals surface area contributed by atoms with E-state index in [1.165, 1.54) is 6.42 Å². The molecule has 1 saturated heterocycles. The first-order valence-electron chi connectivity index (χ1n) is 6.05. The highest BCUT2D eigenvalue weighted by atomic mass is 32.2. The summed E-state index contributed by atoms with van der Waals surface area (Å²) >= 11 is 1.72. The summed E-state index contributed by atoms with van der Waals surface area (Å²) in [5, 5.41) is 4.08. The summed E-state index contributed by atoms with van der Waals surface area (Å²) in [5.74, 6) is 1.33. The van der Waals surface area contributed by atoms with Gasteiger partial charge >= 0.3 is 0 Å². The van der Waals surface area contributed by atoms with Crippen LogP contribution in [0.2, 0.25) is 0 Å². The Morgan fingerprint density at radius 2 is 2.12 bits per heavy atom. The second-order valence-electron chi connectivity index (χ2n) is 4.18. The number of amides is 1. The summed E-state index contributed by atoms with van der Waals surface area (Å²) in [4.78, 5) is 18.1. The van der Waals surface area contributed by atoms with Crippen molar-refractivity contribution in [2.75, 3.05) is 31.9 Å². The van der Waals surface area contributed by atoms with Crippen LogP contribution in [0.25, 0.3) is 0 Å². The van der Waals surface area contributed by atoms with E-state index in [4.69, 9.17) is 0 Å². The Morgan fingerprint density at radius 3 is 2.81 bits per heavy atom. The van der Waals surface area contributed by atoms with Crippen LogP contribution < -0.4 is 5.32 Å². The molecule has 1 N–H and O–H groups in total. The van der Waals surface area contributed by atoms with Crippen molar-refractivity contribution in [2.24, 2.45) is 4.99 Å². The summed E-state index contributed by atoms with van der Waals surface area (Å²) in [7, 11) is 0. The monoisotopic (exact) mass is 241 g/mol. The van der Waals surface area contributed by atoms with Crippen LogP contribution in [0.1, 0.15) is 25.7 Å². The fraction of sp³-hybridized carbons (Fsp3) is 0.818. The number of carbonyl (C=O) groups excluding carboxylic acids is 1. The van der Waals surface area contributed by atoms with E-state index in [-0.39, 0.29) is 5.91 Å². The number of hydrogen-bond donors (Lipinski definition) is 1. The highest BCUT2D eigenvalue weighted by molar-refractivity contribution is 8.13. The van der Waals surface area contributed by atoms with Gasteiger partial charge in [-0.25, -0.2) is 0 Å². The number of amidine groups is 1. The van der Waals surface area contributed by atoms with E-state index in [0.717, 1.165) is 49.8 Å². The molecule has 0 radical (unpaired) electrons. The smallest absolute Gasteiger partial charge is 0.241 e. The van der Waals surface area contributed by atoms with Gasteiger partial charge in [0, 0.05) is 25.4 Å². The molecule has 2 rings (SSSR count). The van der Waals surface area contributed by atoms with Gasteiger partial charge in [-0.15, -0.1) is 0 Å². The minimum Gasteiger partial charge on any atom is -0.356 e. The predicted molar refractivity (Wildman–Crippen MR) is 67.8 cm³/mol. The molecule has 2 heterocycles. The van der Waals surface area contributed by atoms with Crippen LogP contribution in [0.15, 0.2) is 4.99 Å². The van der Waals surface area contributed by atoms with Crippen LogP contribution in [0.3, 0.4) is 0 Å². The second-order valence-corrected chi connectivity index (χ2v) is 5.27. The quantitative estimate of drug-likeness (QED) is 0.787. The summed E-state index contributed by atoms with van der Waals surface area (Å²) in [6.07, 6.45) is 4.72. The van der Waals surface area contributed by atoms with Crippen molar-refractivity contribution in [3.8, 4) is 0 Å². The Bertz CT molecular complexity index is 274. The lowest BCUT2D eigenvalue weighted by Crippen LogP contribution is -2.42. The van der Waals surface area contributed by atoms with E-state index >= 15 is 0 Å². The first-order valence-corrected chi connectivity index (χ1v) is 7.04. The van der Waals surface area contributed by atoms with Crippen molar-refractivity contribution in [1.29, 1.82) is 0 Å². The third-order valence-electron chi connectivity index (χ3n) is 2.90. The molecule has 0 atom stereocenters. The van der Waals surface area contributed by atoms with Gasteiger partial charge in [0.25, 0.3) is 0 Å². The van der Waals surface area contributed by atoms with Crippen molar-refractivity contribution in [2.45, 2.75) is 25.7 Å². The Kier molecular flexibility index (Phi) is 4.51. The molecule has 1 amide bonds. The molecule has 0 aromatic rings. The molecule has 90 valence electrons. The second kappa shape index (κ2) is 6.13. The minimum atomic E-state index is 0.216. The maximum atomic E-state index is 11.8. The number of nitrogens with zero attached hydrogens (tertiary/aromatic N) is 2. The largest absolute Gasteiger partial charge is 0.356 e. The van der Waals surface area contributed by atoms with E-state index in [1.807, 2.05) is 4.90 Å². The van der Waals surface area contributed by atoms with Gasteiger partial charge in [0.2, 0.25) is 5.91 Å². The molecule has 0 bridgehead atoms. The summed E-state index contributed by atoms with van der Waals surface area (Å²) in [6, 6.07) is 0. The molecule has 0 aliphatic carbocycles. The number of rotatable bonds is 2. The fourth-order valence-electron chi connectivity index (χ4n) is 1.97. The van der Waals surface area contributed by atoms with Gasteiger partial charge in [-0.3, -0.25) is 9.79 Å². The molecule has 16 heavy (non-hydrogen) atoms. The van der Waals surface area contributed by atoms with E-state index in [9.17, 15) is 4.79 Å². The summed E-state index contributed by atoms with van der Waals surface area (Å²) in [5.41, 5.74) is 0. The number of aliphatic imine (C=N–C) groups is 1. The molecule has 5 heteroatoms. The normalized spacial score (nSPS) is 21.5. The van der Waals surface area contributed by atoms with Crippen LogP contribution in [0.4, 0.5) is 0 Å². The van der Waals surface area contributed by atoms with Crippen molar-refractivity contribution >= 4 is 22.8 Å². The van der Waals surface area contributed by atoms with E-state index in [1.54, 1.807) is 11.8 Å². The van der Waals surface area contributed by atoms with Crippen LogP contribution in [-0.4, -0.2) is 47.9 Å². The minimum absolute atomic E-state index is 0.216. The SMILES string of the molecule is O=C(CNC1=NCCCS1)N1CCCCC1. The van der Waals surface area contributed by atoms with Gasteiger partial charge in [0.15, 0.2) is 5.17 Å². The number of hydrogen-bond acceptors (Lipinski definition) is 4. The van der Waals surface area contributed by atoms with Crippen molar-refractivity contribution in [3.63, 3.8) is 0 Å². The number of likely N-dealkylation sites (tertiary alicyclic amines) is 1. The maximum absolute atomic E-state index is 11.8. The van der Waals surface area contributed by atoms with E-state index < -0.39 is 0 Å². The zero-order valence-electron chi connectivity index (χ0n) is 9.57. The predicted octanol–water partition coefficient (Wildman–Crippen LogP) is 1.08. The molecule has 2 aliphatic rings. The third-order valence-corrected chi connectivity index (χ3v) is 3.94. The Labute approximate surface area is 101 Å². The molecular formula is C11H19N3OS.